The zero-order valence-corrected chi connectivity index (χ0v) is 19.3. The molecule has 1 heterocycles. The van der Waals surface area contributed by atoms with Crippen molar-refractivity contribution in [1.82, 2.24) is 0 Å². The Hall–Kier alpha value is -2.69. The summed E-state index contributed by atoms with van der Waals surface area (Å²) in [7, 11) is 0. The highest BCUT2D eigenvalue weighted by atomic mass is 16.7. The van der Waals surface area contributed by atoms with Crippen LogP contribution in [0.25, 0.3) is 0 Å². The van der Waals surface area contributed by atoms with Crippen LogP contribution in [0.2, 0.25) is 0 Å². The van der Waals surface area contributed by atoms with E-state index in [0.29, 0.717) is 17.7 Å². The molecule has 9 heteroatoms. The molecule has 2 aromatic rings. The molecular weight excluding hydrogens is 444 g/mol. The normalized spacial score (nSPS) is 24.5. The van der Waals surface area contributed by atoms with Crippen molar-refractivity contribution in [2.75, 3.05) is 13.2 Å². The lowest BCUT2D eigenvalue weighted by atomic mass is 9.99. The first-order valence-corrected chi connectivity index (χ1v) is 11.3. The van der Waals surface area contributed by atoms with Gasteiger partial charge in [-0.2, -0.15) is 0 Å². The van der Waals surface area contributed by atoms with Gasteiger partial charge in [-0.3, -0.25) is 0 Å². The van der Waals surface area contributed by atoms with Crippen molar-refractivity contribution in [1.29, 1.82) is 0 Å². The Labute approximate surface area is 198 Å². The SMILES string of the molecule is CCOC(=O)OCc1ccc(Cc2ccc(CC)cc2)c(O[C@H]2O[C@H](CO)[C@@H](O)[C@H](O)[C@H]2O)c1. The largest absolute Gasteiger partial charge is 0.508 e. The third kappa shape index (κ3) is 6.46. The van der Waals surface area contributed by atoms with Gasteiger partial charge in [-0.25, -0.2) is 4.79 Å². The van der Waals surface area contributed by atoms with Crippen molar-refractivity contribution in [2.45, 2.75) is 64.0 Å². The van der Waals surface area contributed by atoms with Gasteiger partial charge >= 0.3 is 6.16 Å². The average molecular weight is 477 g/mol. The summed E-state index contributed by atoms with van der Waals surface area (Å²) in [4.78, 5) is 11.6. The van der Waals surface area contributed by atoms with Crippen LogP contribution in [0, 0.1) is 0 Å². The molecule has 0 unspecified atom stereocenters. The number of aliphatic hydroxyl groups is 4. The van der Waals surface area contributed by atoms with Crippen molar-refractivity contribution in [3.05, 3.63) is 64.7 Å². The van der Waals surface area contributed by atoms with Gasteiger partial charge in [0.15, 0.2) is 0 Å². The number of aliphatic hydroxyl groups excluding tert-OH is 4. The van der Waals surface area contributed by atoms with E-state index in [2.05, 4.69) is 19.1 Å². The lowest BCUT2D eigenvalue weighted by molar-refractivity contribution is -0.277. The van der Waals surface area contributed by atoms with E-state index in [1.54, 1.807) is 19.1 Å². The molecule has 0 bridgehead atoms. The van der Waals surface area contributed by atoms with Gasteiger partial charge in [-0.1, -0.05) is 43.3 Å². The lowest BCUT2D eigenvalue weighted by Gasteiger charge is -2.39. The maximum atomic E-state index is 11.6. The van der Waals surface area contributed by atoms with E-state index in [1.165, 1.54) is 5.56 Å². The molecule has 1 aliphatic heterocycles. The Bertz CT molecular complexity index is 928. The maximum Gasteiger partial charge on any atom is 0.508 e. The minimum atomic E-state index is -1.56. The zero-order chi connectivity index (χ0) is 24.7. The summed E-state index contributed by atoms with van der Waals surface area (Å²) in [5.74, 6) is 0.342. The molecule has 9 nitrogen and oxygen atoms in total. The second-order valence-corrected chi connectivity index (χ2v) is 8.08. The number of rotatable bonds is 9. The quantitative estimate of drug-likeness (QED) is 0.399. The number of hydrogen-bond acceptors (Lipinski definition) is 9. The molecule has 2 aromatic carbocycles. The van der Waals surface area contributed by atoms with Crippen molar-refractivity contribution < 1.29 is 44.2 Å². The second-order valence-electron chi connectivity index (χ2n) is 8.08. The fourth-order valence-electron chi connectivity index (χ4n) is 3.65. The predicted molar refractivity (Wildman–Crippen MR) is 121 cm³/mol. The number of aryl methyl sites for hydroxylation is 1. The molecule has 5 atom stereocenters. The molecule has 3 rings (SSSR count). The summed E-state index contributed by atoms with van der Waals surface area (Å²) in [6.45, 7) is 3.33. The van der Waals surface area contributed by atoms with E-state index in [0.717, 1.165) is 17.5 Å². The highest BCUT2D eigenvalue weighted by molar-refractivity contribution is 5.59. The molecule has 1 saturated heterocycles. The summed E-state index contributed by atoms with van der Waals surface area (Å²) >= 11 is 0. The molecule has 4 N–H and O–H groups in total. The van der Waals surface area contributed by atoms with Crippen LogP contribution in [0.3, 0.4) is 0 Å². The van der Waals surface area contributed by atoms with E-state index < -0.39 is 43.5 Å². The van der Waals surface area contributed by atoms with E-state index in [9.17, 15) is 25.2 Å². The number of ether oxygens (including phenoxy) is 4. The number of hydrogen-bond donors (Lipinski definition) is 4. The molecule has 186 valence electrons. The summed E-state index contributed by atoms with van der Waals surface area (Å²) in [5.41, 5.74) is 3.62. The Balaban J connectivity index is 1.85. The van der Waals surface area contributed by atoms with Gasteiger partial charge in [0.25, 0.3) is 0 Å². The second kappa shape index (κ2) is 12.1. The summed E-state index contributed by atoms with van der Waals surface area (Å²) < 4.78 is 21.3. The number of carbonyl (C=O) groups excluding carboxylic acids is 1. The topological polar surface area (TPSA) is 135 Å². The number of benzene rings is 2. The summed E-state index contributed by atoms with van der Waals surface area (Å²) in [5, 5.41) is 40.0. The Morgan fingerprint density at radius 2 is 1.59 bits per heavy atom. The third-order valence-corrected chi connectivity index (χ3v) is 5.67. The Morgan fingerprint density at radius 1 is 0.912 bits per heavy atom. The maximum absolute atomic E-state index is 11.6. The van der Waals surface area contributed by atoms with Crippen LogP contribution in [0.4, 0.5) is 4.79 Å². The van der Waals surface area contributed by atoms with Crippen molar-refractivity contribution in [2.24, 2.45) is 0 Å². The standard InChI is InChI=1S/C25H32O9/c1-3-15-5-7-16(8-6-15)11-18-10-9-17(14-32-25(30)31-4-2)12-19(18)33-24-23(29)22(28)21(27)20(13-26)34-24/h5-10,12,20-24,26-29H,3-4,11,13-14H2,1-2H3/t20-,21-,22+,23-,24+/m1/s1. The van der Waals surface area contributed by atoms with E-state index in [1.807, 2.05) is 18.2 Å². The fraction of sp³-hybridized carbons (Fsp3) is 0.480. The molecule has 0 spiro atoms. The highest BCUT2D eigenvalue weighted by Crippen LogP contribution is 2.29. The van der Waals surface area contributed by atoms with Gasteiger partial charge in [-0.05, 0) is 41.7 Å². The smallest absolute Gasteiger partial charge is 0.462 e. The van der Waals surface area contributed by atoms with Gasteiger partial charge in [0.05, 0.1) is 13.2 Å². The van der Waals surface area contributed by atoms with Gasteiger partial charge in [0.1, 0.15) is 36.8 Å². The Morgan fingerprint density at radius 3 is 2.24 bits per heavy atom. The summed E-state index contributed by atoms with van der Waals surface area (Å²) in [6.07, 6.45) is -6.37. The van der Waals surface area contributed by atoms with Crippen molar-refractivity contribution >= 4 is 6.16 Å². The van der Waals surface area contributed by atoms with Gasteiger partial charge < -0.3 is 39.4 Å². The first-order chi connectivity index (χ1) is 16.4. The monoisotopic (exact) mass is 476 g/mol. The van der Waals surface area contributed by atoms with Crippen LogP contribution in [-0.4, -0.2) is 70.5 Å². The minimum Gasteiger partial charge on any atom is -0.462 e. The van der Waals surface area contributed by atoms with E-state index >= 15 is 0 Å². The molecule has 0 amide bonds. The van der Waals surface area contributed by atoms with Gasteiger partial charge in [0, 0.05) is 6.42 Å². The van der Waals surface area contributed by atoms with Crippen LogP contribution in [0.1, 0.15) is 36.1 Å². The zero-order valence-electron chi connectivity index (χ0n) is 19.3. The van der Waals surface area contributed by atoms with Crippen molar-refractivity contribution in [3.8, 4) is 5.75 Å². The molecule has 34 heavy (non-hydrogen) atoms. The molecule has 0 aliphatic carbocycles. The number of carbonyl (C=O) groups is 1. The molecule has 0 radical (unpaired) electrons. The van der Waals surface area contributed by atoms with Crippen LogP contribution >= 0.6 is 0 Å². The van der Waals surface area contributed by atoms with Crippen LogP contribution in [-0.2, 0) is 33.7 Å². The van der Waals surface area contributed by atoms with Crippen LogP contribution in [0.5, 0.6) is 5.75 Å². The molecule has 0 saturated carbocycles. The van der Waals surface area contributed by atoms with E-state index in [-0.39, 0.29) is 13.2 Å². The molecule has 0 aromatic heterocycles. The minimum absolute atomic E-state index is 0.0602. The molecule has 1 fully saturated rings. The van der Waals surface area contributed by atoms with Gasteiger partial charge in [-0.15, -0.1) is 0 Å². The predicted octanol–water partition coefficient (Wildman–Crippen LogP) is 1.69. The summed E-state index contributed by atoms with van der Waals surface area (Å²) in [6, 6.07) is 13.4. The average Bonchev–Trinajstić information content (AvgIpc) is 2.85. The third-order valence-electron chi connectivity index (χ3n) is 5.67. The highest BCUT2D eigenvalue weighted by Gasteiger charge is 2.44. The molecular formula is C25H32O9. The lowest BCUT2D eigenvalue weighted by Crippen LogP contribution is -2.60. The Kier molecular flexibility index (Phi) is 9.26. The fourth-order valence-corrected chi connectivity index (χ4v) is 3.65. The van der Waals surface area contributed by atoms with Gasteiger partial charge in [0.2, 0.25) is 6.29 Å². The van der Waals surface area contributed by atoms with Crippen molar-refractivity contribution in [3.63, 3.8) is 0 Å². The molecule has 1 aliphatic rings. The van der Waals surface area contributed by atoms with Crippen LogP contribution < -0.4 is 4.74 Å². The first-order valence-electron chi connectivity index (χ1n) is 11.3. The first kappa shape index (κ1) is 25.9. The van der Waals surface area contributed by atoms with Crippen LogP contribution in [0.15, 0.2) is 42.5 Å². The van der Waals surface area contributed by atoms with E-state index in [4.69, 9.17) is 18.9 Å².